The predicted molar refractivity (Wildman–Crippen MR) is 227 cm³/mol. The molecule has 2 aliphatic heterocycles. The van der Waals surface area contributed by atoms with Gasteiger partial charge in [-0.05, 0) is 63.9 Å². The summed E-state index contributed by atoms with van der Waals surface area (Å²) in [5, 5.41) is 52.6. The molecule has 0 aromatic heterocycles. The molecule has 4 atom stereocenters. The topological polar surface area (TPSA) is 242 Å². The van der Waals surface area contributed by atoms with Gasteiger partial charge < -0.3 is 30.7 Å². The monoisotopic (exact) mass is 844 g/mol. The lowest BCUT2D eigenvalue weighted by Crippen LogP contribution is -2.61. The molecule has 2 heterocycles. The van der Waals surface area contributed by atoms with Crippen LogP contribution >= 0.6 is 0 Å². The van der Waals surface area contributed by atoms with Crippen LogP contribution in [0.3, 0.4) is 0 Å². The van der Waals surface area contributed by atoms with Gasteiger partial charge >= 0.3 is 7.05 Å². The summed E-state index contributed by atoms with van der Waals surface area (Å²) in [6, 6.07) is 3.29. The first kappa shape index (κ1) is 50.3. The van der Waals surface area contributed by atoms with Crippen molar-refractivity contribution < 1.29 is 49.3 Å². The molecule has 336 valence electrons. The van der Waals surface area contributed by atoms with E-state index in [0.29, 0.717) is 54.2 Å². The summed E-state index contributed by atoms with van der Waals surface area (Å²) in [5.74, 6) is -2.87. The Bertz CT molecular complexity index is 1520. The zero-order valence-corrected chi connectivity index (χ0v) is 35.7. The third-order valence-electron chi connectivity index (χ3n) is 10.8. The van der Waals surface area contributed by atoms with Gasteiger partial charge in [0.05, 0.1) is 18.2 Å². The third-order valence-corrected chi connectivity index (χ3v) is 10.8. The average Bonchev–Trinajstić information content (AvgIpc) is 3.67. The molecule has 8 N–H and O–H groups in total. The van der Waals surface area contributed by atoms with Crippen LogP contribution in [0.25, 0.3) is 0 Å². The Morgan fingerprint density at radius 3 is 2.25 bits per heavy atom. The van der Waals surface area contributed by atoms with E-state index in [1.54, 1.807) is 18.2 Å². The summed E-state index contributed by atoms with van der Waals surface area (Å²) in [6.45, 7) is 3.23. The van der Waals surface area contributed by atoms with Crippen LogP contribution in [0.2, 0.25) is 6.82 Å². The number of hydrogen-bond acceptors (Lipinski definition) is 13. The summed E-state index contributed by atoms with van der Waals surface area (Å²) in [7, 11) is -1.19. The number of phenols is 1. The molecular weight excluding hydrogens is 773 g/mol. The molecule has 1 fully saturated rings. The van der Waals surface area contributed by atoms with Crippen molar-refractivity contribution in [3.8, 4) is 5.75 Å². The summed E-state index contributed by atoms with van der Waals surface area (Å²) >= 11 is 0. The van der Waals surface area contributed by atoms with Crippen molar-refractivity contribution >= 4 is 42.4 Å². The number of Topliss-reactive ketones (excluding diaryl/α,β-unsaturated/α-hetero) is 1. The zero-order valence-electron chi connectivity index (χ0n) is 35.7. The summed E-state index contributed by atoms with van der Waals surface area (Å²) in [5.41, 5.74) is 0.314. The Morgan fingerprint density at radius 1 is 0.950 bits per heavy atom. The predicted octanol–water partition coefficient (Wildman–Crippen LogP) is 3.96. The lowest BCUT2D eigenvalue weighted by atomic mass is 9.88. The van der Waals surface area contributed by atoms with Crippen molar-refractivity contribution in [3.63, 3.8) is 0 Å². The third kappa shape index (κ3) is 18.7. The maximum absolute atomic E-state index is 13.7. The molecule has 17 nitrogen and oxygen atoms in total. The number of ketones is 1. The Balaban J connectivity index is 1.51. The number of aromatic hydroxyl groups is 1. The van der Waals surface area contributed by atoms with Crippen LogP contribution in [0, 0.1) is 0 Å². The van der Waals surface area contributed by atoms with E-state index < -0.39 is 61.4 Å². The van der Waals surface area contributed by atoms with Crippen molar-refractivity contribution in [1.29, 1.82) is 0 Å². The number of para-hydroxylation sites is 1. The van der Waals surface area contributed by atoms with Crippen LogP contribution in [-0.2, 0) is 28.7 Å². The Hall–Kier alpha value is -4.10. The maximum Gasteiger partial charge on any atom is 0.375 e. The number of unbranched alkanes of at least 4 members (excludes halogenated alkanes) is 13. The van der Waals surface area contributed by atoms with Crippen molar-refractivity contribution in [1.82, 2.24) is 31.3 Å². The molecule has 60 heavy (non-hydrogen) atoms. The van der Waals surface area contributed by atoms with Gasteiger partial charge in [0.25, 0.3) is 11.8 Å². The number of ether oxygens (including phenoxy) is 1. The Labute approximate surface area is 355 Å². The SMILES string of the molecule is CCCCCCCCCCCCCCCC(=O)N(O)CCCCC(NC(=O)C1COC(c2ccccc2O)=N1)C(=O)CNC(NB(C)O)C(=O)NC1CCCCN(O)C1=O. The minimum absolute atomic E-state index is 0.0424. The summed E-state index contributed by atoms with van der Waals surface area (Å²) in [4.78, 5) is 69.9. The molecule has 18 heteroatoms. The molecule has 0 bridgehead atoms. The molecule has 4 unspecified atom stereocenters. The van der Waals surface area contributed by atoms with E-state index in [4.69, 9.17) is 4.74 Å². The number of carbonyl (C=O) groups is 5. The lowest BCUT2D eigenvalue weighted by molar-refractivity contribution is -0.167. The van der Waals surface area contributed by atoms with Crippen LogP contribution in [0.4, 0.5) is 0 Å². The van der Waals surface area contributed by atoms with Gasteiger partial charge in [0.1, 0.15) is 24.6 Å². The highest BCUT2D eigenvalue weighted by Gasteiger charge is 2.33. The number of aliphatic imine (C=N–C) groups is 1. The zero-order chi connectivity index (χ0) is 43.7. The number of amides is 4. The molecule has 0 aliphatic carbocycles. The van der Waals surface area contributed by atoms with Crippen molar-refractivity contribution in [2.45, 2.75) is 166 Å². The second kappa shape index (κ2) is 28.4. The number of nitrogens with zero attached hydrogens (tertiary/aromatic N) is 3. The fourth-order valence-corrected chi connectivity index (χ4v) is 7.26. The Morgan fingerprint density at radius 2 is 1.60 bits per heavy atom. The van der Waals surface area contributed by atoms with Gasteiger partial charge in [0.15, 0.2) is 11.8 Å². The van der Waals surface area contributed by atoms with E-state index >= 15 is 0 Å². The maximum atomic E-state index is 13.7. The molecule has 1 saturated heterocycles. The number of phenolic OH excluding ortho intramolecular Hbond substituents is 1. The molecule has 1 aromatic carbocycles. The lowest BCUT2D eigenvalue weighted by Gasteiger charge is -2.25. The van der Waals surface area contributed by atoms with Crippen LogP contribution in [0.1, 0.15) is 141 Å². The summed E-state index contributed by atoms with van der Waals surface area (Å²) in [6.07, 6.45) is 16.6. The van der Waals surface area contributed by atoms with E-state index in [1.807, 2.05) is 0 Å². The van der Waals surface area contributed by atoms with E-state index in [9.17, 15) is 44.5 Å². The standard InChI is InChI=1S/C42H70BN7O10/c1-3-4-5-6-7-8-9-10-11-12-13-14-15-26-37(53)49(58)27-20-18-23-32(45-39(54)34-30-60-41(47-34)31-22-16-17-25-35(31)51)36(52)29-44-38(48-43(2)57)40(55)46-33-24-19-21-28-50(59)42(33)56/h16-17,22,25,32-34,38,44,48,51,57-59H,3-15,18-21,23-24,26-30H2,1-2H3,(H,45,54)(H,46,55). The van der Waals surface area contributed by atoms with E-state index in [1.165, 1.54) is 70.7 Å². The minimum Gasteiger partial charge on any atom is -0.507 e. The second-order valence-corrected chi connectivity index (χ2v) is 16.0. The largest absolute Gasteiger partial charge is 0.507 e. The quantitative estimate of drug-likeness (QED) is 0.0181. The first-order valence-electron chi connectivity index (χ1n) is 22.2. The highest BCUT2D eigenvalue weighted by atomic mass is 16.5. The number of benzene rings is 1. The average molecular weight is 844 g/mol. The van der Waals surface area contributed by atoms with E-state index in [0.717, 1.165) is 19.3 Å². The van der Waals surface area contributed by atoms with Gasteiger partial charge in [0, 0.05) is 19.5 Å². The summed E-state index contributed by atoms with van der Waals surface area (Å²) < 4.78 is 5.59. The highest BCUT2D eigenvalue weighted by Crippen LogP contribution is 2.21. The Kier molecular flexibility index (Phi) is 23.8. The van der Waals surface area contributed by atoms with Crippen molar-refractivity contribution in [2.24, 2.45) is 4.99 Å². The van der Waals surface area contributed by atoms with Crippen LogP contribution in [-0.4, -0.2) is 124 Å². The van der Waals surface area contributed by atoms with Crippen LogP contribution in [0.5, 0.6) is 5.75 Å². The van der Waals surface area contributed by atoms with Gasteiger partial charge in [-0.2, -0.15) is 0 Å². The molecule has 4 amide bonds. The number of carbonyl (C=O) groups excluding carboxylic acids is 5. The number of nitrogens with one attached hydrogen (secondary N) is 4. The number of hydroxylamine groups is 4. The van der Waals surface area contributed by atoms with E-state index in [-0.39, 0.29) is 50.1 Å². The molecule has 0 saturated carbocycles. The normalized spacial score (nSPS) is 17.6. The van der Waals surface area contributed by atoms with Crippen molar-refractivity contribution in [3.05, 3.63) is 29.8 Å². The number of hydrogen-bond donors (Lipinski definition) is 8. The second-order valence-electron chi connectivity index (χ2n) is 16.0. The molecule has 0 radical (unpaired) electrons. The van der Waals surface area contributed by atoms with Gasteiger partial charge in [-0.25, -0.2) is 15.1 Å². The molecular formula is C42H70BN7O10. The van der Waals surface area contributed by atoms with Gasteiger partial charge in [-0.3, -0.25) is 39.7 Å². The first-order chi connectivity index (χ1) is 28.9. The van der Waals surface area contributed by atoms with Gasteiger partial charge in [0.2, 0.25) is 17.7 Å². The number of rotatable bonds is 30. The van der Waals surface area contributed by atoms with Crippen molar-refractivity contribution in [2.75, 3.05) is 26.2 Å². The van der Waals surface area contributed by atoms with Crippen LogP contribution in [0.15, 0.2) is 29.3 Å². The molecule has 2 aliphatic rings. The smallest absolute Gasteiger partial charge is 0.375 e. The first-order valence-corrected chi connectivity index (χ1v) is 22.2. The highest BCUT2D eigenvalue weighted by molar-refractivity contribution is 6.46. The molecule has 3 rings (SSSR count). The van der Waals surface area contributed by atoms with Crippen LogP contribution < -0.4 is 21.2 Å². The minimum atomic E-state index is -1.33. The fourth-order valence-electron chi connectivity index (χ4n) is 7.26. The van der Waals surface area contributed by atoms with E-state index in [2.05, 4.69) is 33.1 Å². The molecule has 0 spiro atoms. The fraction of sp³-hybridized carbons (Fsp3) is 0.714. The molecule has 1 aromatic rings. The van der Waals surface area contributed by atoms with Gasteiger partial charge in [-0.1, -0.05) is 96.1 Å². The van der Waals surface area contributed by atoms with Gasteiger partial charge in [-0.15, -0.1) is 0 Å².